The topological polar surface area (TPSA) is 118 Å². The summed E-state index contributed by atoms with van der Waals surface area (Å²) >= 11 is 1.16. The van der Waals surface area contributed by atoms with E-state index in [2.05, 4.69) is 24.1 Å². The second-order valence-electron chi connectivity index (χ2n) is 6.38. The standard InChI is InChI=1S/C19H23N5OS/c1-12(2)8-16(13-6-4-3-5-7-13)23-18(25)11-26-19-14(10-20)15(21)9-17(22)24-19/h3-7,9,12,16H,8,11H2,1-2H3,(H,23,25)(H4,21,22,24)/t16-/m1/s1. The largest absolute Gasteiger partial charge is 0.397 e. The van der Waals surface area contributed by atoms with Crippen molar-refractivity contribution >= 4 is 29.2 Å². The Morgan fingerprint density at radius 2 is 2.00 bits per heavy atom. The minimum atomic E-state index is -0.129. The van der Waals surface area contributed by atoms with Crippen LogP contribution < -0.4 is 16.8 Å². The van der Waals surface area contributed by atoms with Crippen LogP contribution in [0.25, 0.3) is 0 Å². The lowest BCUT2D eigenvalue weighted by molar-refractivity contribution is -0.119. The number of nitrogens with zero attached hydrogens (tertiary/aromatic N) is 2. The predicted octanol–water partition coefficient (Wildman–Crippen LogP) is 3.11. The smallest absolute Gasteiger partial charge is 0.230 e. The van der Waals surface area contributed by atoms with Crippen molar-refractivity contribution in [3.63, 3.8) is 0 Å². The maximum Gasteiger partial charge on any atom is 0.230 e. The van der Waals surface area contributed by atoms with E-state index in [0.717, 1.165) is 23.7 Å². The number of nitriles is 1. The Bertz CT molecular complexity index is 802. The van der Waals surface area contributed by atoms with Crippen molar-refractivity contribution in [2.24, 2.45) is 5.92 Å². The molecule has 1 amide bonds. The van der Waals surface area contributed by atoms with Gasteiger partial charge in [0.1, 0.15) is 22.5 Å². The number of thioether (sulfide) groups is 1. The van der Waals surface area contributed by atoms with Gasteiger partial charge in [-0.05, 0) is 17.9 Å². The Labute approximate surface area is 158 Å². The quantitative estimate of drug-likeness (QED) is 0.645. The molecule has 26 heavy (non-hydrogen) atoms. The third-order valence-electron chi connectivity index (χ3n) is 3.73. The molecule has 0 fully saturated rings. The monoisotopic (exact) mass is 369 g/mol. The third-order valence-corrected chi connectivity index (χ3v) is 4.71. The average Bonchev–Trinajstić information content (AvgIpc) is 2.59. The molecule has 0 saturated heterocycles. The number of carbonyl (C=O) groups is 1. The number of rotatable bonds is 7. The van der Waals surface area contributed by atoms with Gasteiger partial charge in [-0.3, -0.25) is 4.79 Å². The van der Waals surface area contributed by atoms with Crippen molar-refractivity contribution in [3.8, 4) is 6.07 Å². The molecule has 0 aliphatic carbocycles. The van der Waals surface area contributed by atoms with Crippen LogP contribution in [0.15, 0.2) is 41.4 Å². The van der Waals surface area contributed by atoms with Gasteiger partial charge in [0.15, 0.2) is 0 Å². The molecule has 0 unspecified atom stereocenters. The molecule has 2 aromatic rings. The predicted molar refractivity (Wildman–Crippen MR) is 105 cm³/mol. The van der Waals surface area contributed by atoms with Crippen LogP contribution in [0.5, 0.6) is 0 Å². The van der Waals surface area contributed by atoms with E-state index in [1.165, 1.54) is 6.07 Å². The van der Waals surface area contributed by atoms with Gasteiger partial charge in [0.25, 0.3) is 0 Å². The first-order chi connectivity index (χ1) is 12.4. The fourth-order valence-corrected chi connectivity index (χ4v) is 3.41. The minimum absolute atomic E-state index is 0.0568. The molecule has 1 atom stereocenters. The van der Waals surface area contributed by atoms with E-state index in [0.29, 0.717) is 10.9 Å². The van der Waals surface area contributed by atoms with Gasteiger partial charge in [0.05, 0.1) is 17.5 Å². The van der Waals surface area contributed by atoms with Gasteiger partial charge in [0, 0.05) is 6.07 Å². The number of benzene rings is 1. The van der Waals surface area contributed by atoms with E-state index in [4.69, 9.17) is 11.5 Å². The van der Waals surface area contributed by atoms with Gasteiger partial charge in [0.2, 0.25) is 5.91 Å². The molecule has 0 saturated carbocycles. The highest BCUT2D eigenvalue weighted by atomic mass is 32.2. The Balaban J connectivity index is 2.06. The summed E-state index contributed by atoms with van der Waals surface area (Å²) in [4.78, 5) is 16.6. The lowest BCUT2D eigenvalue weighted by atomic mass is 9.97. The zero-order chi connectivity index (χ0) is 19.1. The summed E-state index contributed by atoms with van der Waals surface area (Å²) in [5, 5.41) is 12.7. The first-order valence-corrected chi connectivity index (χ1v) is 9.32. The van der Waals surface area contributed by atoms with Crippen molar-refractivity contribution in [1.82, 2.24) is 10.3 Å². The fraction of sp³-hybridized carbons (Fsp3) is 0.316. The molecule has 1 heterocycles. The second kappa shape index (κ2) is 9.11. The first-order valence-electron chi connectivity index (χ1n) is 8.34. The first kappa shape index (κ1) is 19.6. The zero-order valence-corrected chi connectivity index (χ0v) is 15.7. The molecule has 6 nitrogen and oxygen atoms in total. The van der Waals surface area contributed by atoms with Crippen molar-refractivity contribution in [3.05, 3.63) is 47.5 Å². The molecule has 0 aliphatic heterocycles. The number of nitrogen functional groups attached to an aromatic ring is 2. The Morgan fingerprint density at radius 3 is 2.62 bits per heavy atom. The molecule has 7 heteroatoms. The Hall–Kier alpha value is -2.72. The minimum Gasteiger partial charge on any atom is -0.397 e. The number of nitrogens with two attached hydrogens (primary N) is 2. The molecule has 136 valence electrons. The molecule has 5 N–H and O–H groups in total. The summed E-state index contributed by atoms with van der Waals surface area (Å²) in [5.41, 5.74) is 13.1. The molecular weight excluding hydrogens is 346 g/mol. The summed E-state index contributed by atoms with van der Waals surface area (Å²) in [6.45, 7) is 4.24. The highest BCUT2D eigenvalue weighted by Crippen LogP contribution is 2.27. The summed E-state index contributed by atoms with van der Waals surface area (Å²) in [5.74, 6) is 0.669. The number of anilines is 2. The van der Waals surface area contributed by atoms with Crippen LogP contribution in [-0.2, 0) is 4.79 Å². The van der Waals surface area contributed by atoms with Crippen LogP contribution in [0.4, 0.5) is 11.5 Å². The van der Waals surface area contributed by atoms with Crippen molar-refractivity contribution in [2.45, 2.75) is 31.3 Å². The molecular formula is C19H23N5OS. The normalized spacial score (nSPS) is 11.8. The molecule has 1 aromatic carbocycles. The molecule has 0 radical (unpaired) electrons. The van der Waals surface area contributed by atoms with E-state index < -0.39 is 0 Å². The van der Waals surface area contributed by atoms with Crippen LogP contribution in [0.1, 0.15) is 37.4 Å². The second-order valence-corrected chi connectivity index (χ2v) is 7.34. The number of nitrogens with one attached hydrogen (secondary N) is 1. The third kappa shape index (κ3) is 5.39. The summed E-state index contributed by atoms with van der Waals surface area (Å²) < 4.78 is 0. The van der Waals surface area contributed by atoms with Crippen molar-refractivity contribution in [1.29, 1.82) is 5.26 Å². The summed E-state index contributed by atoms with van der Waals surface area (Å²) in [7, 11) is 0. The SMILES string of the molecule is CC(C)C[C@@H](NC(=O)CSc1nc(N)cc(N)c1C#N)c1ccccc1. The van der Waals surface area contributed by atoms with Crippen LogP contribution in [-0.4, -0.2) is 16.6 Å². The molecule has 0 spiro atoms. The number of hydrogen-bond acceptors (Lipinski definition) is 6. The van der Waals surface area contributed by atoms with Gasteiger partial charge in [-0.25, -0.2) is 4.98 Å². The van der Waals surface area contributed by atoms with Gasteiger partial charge >= 0.3 is 0 Å². The van der Waals surface area contributed by atoms with E-state index in [-0.39, 0.29) is 34.8 Å². The highest BCUT2D eigenvalue weighted by Gasteiger charge is 2.17. The fourth-order valence-electron chi connectivity index (χ4n) is 2.58. The number of hydrogen-bond donors (Lipinski definition) is 3. The summed E-state index contributed by atoms with van der Waals surface area (Å²) in [6.07, 6.45) is 0.841. The van der Waals surface area contributed by atoms with Crippen LogP contribution in [0, 0.1) is 17.2 Å². The van der Waals surface area contributed by atoms with Crippen LogP contribution >= 0.6 is 11.8 Å². The number of aromatic nitrogens is 1. The van der Waals surface area contributed by atoms with Crippen molar-refractivity contribution < 1.29 is 4.79 Å². The highest BCUT2D eigenvalue weighted by molar-refractivity contribution is 8.00. The summed E-state index contributed by atoms with van der Waals surface area (Å²) in [6, 6.07) is 13.3. The maximum atomic E-state index is 12.4. The molecule has 0 bridgehead atoms. The number of carbonyl (C=O) groups excluding carboxylic acids is 1. The zero-order valence-electron chi connectivity index (χ0n) is 14.9. The Kier molecular flexibility index (Phi) is 6.87. The molecule has 0 aliphatic rings. The lowest BCUT2D eigenvalue weighted by Crippen LogP contribution is -2.31. The van der Waals surface area contributed by atoms with E-state index >= 15 is 0 Å². The van der Waals surface area contributed by atoms with E-state index in [1.54, 1.807) is 0 Å². The lowest BCUT2D eigenvalue weighted by Gasteiger charge is -2.21. The maximum absolute atomic E-state index is 12.4. The Morgan fingerprint density at radius 1 is 1.31 bits per heavy atom. The van der Waals surface area contributed by atoms with E-state index in [9.17, 15) is 10.1 Å². The number of pyridine rings is 1. The van der Waals surface area contributed by atoms with Gasteiger partial charge in [-0.1, -0.05) is 55.9 Å². The van der Waals surface area contributed by atoms with Gasteiger partial charge in [-0.2, -0.15) is 5.26 Å². The molecule has 2 rings (SSSR count). The number of amides is 1. The average molecular weight is 369 g/mol. The van der Waals surface area contributed by atoms with Crippen LogP contribution in [0.2, 0.25) is 0 Å². The van der Waals surface area contributed by atoms with Gasteiger partial charge < -0.3 is 16.8 Å². The van der Waals surface area contributed by atoms with Gasteiger partial charge in [-0.15, -0.1) is 0 Å². The molecule has 1 aromatic heterocycles. The van der Waals surface area contributed by atoms with Crippen LogP contribution in [0.3, 0.4) is 0 Å². The van der Waals surface area contributed by atoms with E-state index in [1.807, 2.05) is 36.4 Å². The van der Waals surface area contributed by atoms with Crippen molar-refractivity contribution in [2.75, 3.05) is 17.2 Å².